The predicted octanol–water partition coefficient (Wildman–Crippen LogP) is 6.57. The molecule has 0 aliphatic carbocycles. The van der Waals surface area contributed by atoms with Crippen LogP contribution in [0.5, 0.6) is 11.5 Å². The molecule has 0 aliphatic rings. The molecule has 0 fully saturated rings. The number of benzene rings is 3. The number of rotatable bonds is 7. The van der Waals surface area contributed by atoms with E-state index < -0.39 is 11.7 Å². The number of nitrogens with zero attached hydrogens (tertiary/aromatic N) is 3. The molecule has 2 heterocycles. The van der Waals surface area contributed by atoms with E-state index in [1.807, 2.05) is 30.3 Å². The van der Waals surface area contributed by atoms with Gasteiger partial charge in [0.25, 0.3) is 0 Å². The van der Waals surface area contributed by atoms with Crippen molar-refractivity contribution in [2.24, 2.45) is 0 Å². The lowest BCUT2D eigenvalue weighted by Crippen LogP contribution is -2.08. The van der Waals surface area contributed by atoms with Gasteiger partial charge in [0.15, 0.2) is 11.5 Å². The van der Waals surface area contributed by atoms with E-state index in [9.17, 15) is 13.2 Å². The molecule has 2 N–H and O–H groups in total. The van der Waals surface area contributed by atoms with E-state index in [1.54, 1.807) is 24.4 Å². The summed E-state index contributed by atoms with van der Waals surface area (Å²) >= 11 is 0. The molecule has 0 saturated heterocycles. The maximum absolute atomic E-state index is 13.2. The molecule has 0 spiro atoms. The number of alkyl halides is 3. The largest absolute Gasteiger partial charge is 0.493 e. The summed E-state index contributed by atoms with van der Waals surface area (Å²) in [6.45, 7) is 0.117. The van der Waals surface area contributed by atoms with Crippen molar-refractivity contribution in [3.05, 3.63) is 84.1 Å². The summed E-state index contributed by atoms with van der Waals surface area (Å²) in [5, 5.41) is 7.94. The van der Waals surface area contributed by atoms with Crippen molar-refractivity contribution >= 4 is 39.3 Å². The number of hydrogen-bond acceptors (Lipinski definition) is 7. The first-order chi connectivity index (χ1) is 17.8. The highest BCUT2D eigenvalue weighted by atomic mass is 19.4. The Morgan fingerprint density at radius 1 is 0.838 bits per heavy atom. The fraction of sp³-hybridized carbons (Fsp3) is 0.148. The first-order valence-corrected chi connectivity index (χ1v) is 11.3. The molecule has 0 aliphatic heterocycles. The van der Waals surface area contributed by atoms with Crippen LogP contribution in [0.1, 0.15) is 11.1 Å². The minimum absolute atomic E-state index is 0.117. The van der Waals surface area contributed by atoms with Gasteiger partial charge >= 0.3 is 6.18 Å². The summed E-state index contributed by atoms with van der Waals surface area (Å²) in [7, 11) is 3.05. The van der Waals surface area contributed by atoms with E-state index in [0.717, 1.165) is 28.7 Å². The summed E-state index contributed by atoms with van der Waals surface area (Å²) in [4.78, 5) is 13.6. The normalized spacial score (nSPS) is 11.5. The third-order valence-corrected chi connectivity index (χ3v) is 5.77. The number of pyridine rings is 1. The third kappa shape index (κ3) is 5.18. The Balaban J connectivity index is 1.53. The predicted molar refractivity (Wildman–Crippen MR) is 136 cm³/mol. The molecule has 0 saturated carbocycles. The van der Waals surface area contributed by atoms with E-state index in [1.165, 1.54) is 20.3 Å². The quantitative estimate of drug-likeness (QED) is 0.259. The first-order valence-electron chi connectivity index (χ1n) is 11.3. The zero-order valence-electron chi connectivity index (χ0n) is 19.9. The van der Waals surface area contributed by atoms with Crippen LogP contribution >= 0.6 is 0 Å². The first kappa shape index (κ1) is 24.1. The molecule has 0 amide bonds. The Hall–Kier alpha value is -4.60. The van der Waals surface area contributed by atoms with Gasteiger partial charge in [0, 0.05) is 35.3 Å². The third-order valence-electron chi connectivity index (χ3n) is 5.77. The summed E-state index contributed by atoms with van der Waals surface area (Å²) in [5.41, 5.74) is 1.92. The van der Waals surface area contributed by atoms with Crippen LogP contribution in [0.3, 0.4) is 0 Å². The Morgan fingerprint density at radius 3 is 2.43 bits per heavy atom. The molecule has 0 unspecified atom stereocenters. The number of halogens is 3. The summed E-state index contributed by atoms with van der Waals surface area (Å²) in [5.74, 6) is 1.69. The maximum Gasteiger partial charge on any atom is 0.416 e. The summed E-state index contributed by atoms with van der Waals surface area (Å²) < 4.78 is 50.4. The second-order valence-electron chi connectivity index (χ2n) is 8.21. The van der Waals surface area contributed by atoms with Gasteiger partial charge in [0.1, 0.15) is 5.82 Å². The molecular formula is C27H22F3N5O2. The van der Waals surface area contributed by atoms with E-state index in [0.29, 0.717) is 39.7 Å². The lowest BCUT2D eigenvalue weighted by Gasteiger charge is -2.15. The van der Waals surface area contributed by atoms with Gasteiger partial charge in [0.05, 0.1) is 30.8 Å². The van der Waals surface area contributed by atoms with Crippen molar-refractivity contribution in [1.29, 1.82) is 0 Å². The van der Waals surface area contributed by atoms with Crippen LogP contribution in [0.4, 0.5) is 30.6 Å². The van der Waals surface area contributed by atoms with Crippen LogP contribution in [0, 0.1) is 0 Å². The van der Waals surface area contributed by atoms with Gasteiger partial charge in [-0.25, -0.2) is 4.98 Å². The van der Waals surface area contributed by atoms with Gasteiger partial charge in [0.2, 0.25) is 5.95 Å². The number of fused-ring (bicyclic) bond motifs is 2. The van der Waals surface area contributed by atoms with Gasteiger partial charge in [-0.1, -0.05) is 18.2 Å². The van der Waals surface area contributed by atoms with Crippen molar-refractivity contribution in [1.82, 2.24) is 15.0 Å². The number of aromatic nitrogens is 3. The van der Waals surface area contributed by atoms with Gasteiger partial charge in [-0.15, -0.1) is 0 Å². The number of anilines is 3. The molecule has 7 nitrogen and oxygen atoms in total. The molecule has 0 radical (unpaired) electrons. The van der Waals surface area contributed by atoms with E-state index in [2.05, 4.69) is 25.6 Å². The Kier molecular flexibility index (Phi) is 6.39. The van der Waals surface area contributed by atoms with Crippen molar-refractivity contribution < 1.29 is 22.6 Å². The Labute approximate surface area is 210 Å². The van der Waals surface area contributed by atoms with Crippen LogP contribution in [-0.4, -0.2) is 29.2 Å². The number of ether oxygens (including phenoxy) is 2. The van der Waals surface area contributed by atoms with Crippen molar-refractivity contribution in [2.45, 2.75) is 12.7 Å². The number of methoxy groups -OCH3 is 2. The molecule has 5 aromatic rings. The molecular weight excluding hydrogens is 483 g/mol. The second-order valence-corrected chi connectivity index (χ2v) is 8.21. The maximum atomic E-state index is 13.2. The Morgan fingerprint density at radius 2 is 1.65 bits per heavy atom. The minimum atomic E-state index is -4.42. The van der Waals surface area contributed by atoms with E-state index in [-0.39, 0.29) is 6.54 Å². The highest BCUT2D eigenvalue weighted by Crippen LogP contribution is 2.35. The summed E-state index contributed by atoms with van der Waals surface area (Å²) in [6, 6.07) is 18.1. The van der Waals surface area contributed by atoms with Crippen LogP contribution in [0.15, 0.2) is 72.9 Å². The van der Waals surface area contributed by atoms with E-state index in [4.69, 9.17) is 9.47 Å². The highest BCUT2D eigenvalue weighted by Gasteiger charge is 2.30. The highest BCUT2D eigenvalue weighted by molar-refractivity contribution is 5.93. The van der Waals surface area contributed by atoms with Crippen LogP contribution in [0.2, 0.25) is 0 Å². The van der Waals surface area contributed by atoms with Crippen LogP contribution < -0.4 is 20.1 Å². The van der Waals surface area contributed by atoms with Gasteiger partial charge in [-0.05, 0) is 48.0 Å². The molecule has 5 rings (SSSR count). The van der Waals surface area contributed by atoms with Crippen LogP contribution in [-0.2, 0) is 12.7 Å². The smallest absolute Gasteiger partial charge is 0.416 e. The topological polar surface area (TPSA) is 81.2 Å². The fourth-order valence-electron chi connectivity index (χ4n) is 3.97. The molecule has 188 valence electrons. The van der Waals surface area contributed by atoms with Crippen LogP contribution in [0.25, 0.3) is 21.8 Å². The Bertz CT molecular complexity index is 1590. The average Bonchev–Trinajstić information content (AvgIpc) is 2.90. The zero-order chi connectivity index (χ0) is 26.0. The summed E-state index contributed by atoms with van der Waals surface area (Å²) in [6.07, 6.45) is -2.69. The van der Waals surface area contributed by atoms with Crippen molar-refractivity contribution in [2.75, 3.05) is 24.9 Å². The van der Waals surface area contributed by atoms with Gasteiger partial charge in [-0.3, -0.25) is 4.98 Å². The van der Waals surface area contributed by atoms with Gasteiger partial charge in [-0.2, -0.15) is 18.2 Å². The second kappa shape index (κ2) is 9.81. The number of hydrogen-bond donors (Lipinski definition) is 2. The molecule has 0 atom stereocenters. The molecule has 2 aromatic heterocycles. The van der Waals surface area contributed by atoms with Crippen molar-refractivity contribution in [3.8, 4) is 11.5 Å². The zero-order valence-corrected chi connectivity index (χ0v) is 19.9. The standard InChI is InChI=1S/C27H22F3N5O2/c1-36-23-13-20-22(14-24(23)37-2)34-26(33-19-8-9-21-17(12-19)6-4-10-31-21)35-25(20)32-15-16-5-3-7-18(11-16)27(28,29)30/h3-14H,15H2,1-2H3,(H2,32,33,34,35). The molecule has 10 heteroatoms. The molecule has 3 aromatic carbocycles. The SMILES string of the molecule is COc1cc2nc(Nc3ccc4ncccc4c3)nc(NCc3cccc(C(F)(F)F)c3)c2cc1OC. The molecule has 37 heavy (non-hydrogen) atoms. The number of nitrogens with one attached hydrogen (secondary N) is 2. The average molecular weight is 506 g/mol. The minimum Gasteiger partial charge on any atom is -0.493 e. The monoisotopic (exact) mass is 505 g/mol. The van der Waals surface area contributed by atoms with Gasteiger partial charge < -0.3 is 20.1 Å². The fourth-order valence-corrected chi connectivity index (χ4v) is 3.97. The molecule has 0 bridgehead atoms. The lowest BCUT2D eigenvalue weighted by atomic mass is 10.1. The van der Waals surface area contributed by atoms with E-state index >= 15 is 0 Å². The lowest BCUT2D eigenvalue weighted by molar-refractivity contribution is -0.137. The van der Waals surface area contributed by atoms with Crippen molar-refractivity contribution in [3.63, 3.8) is 0 Å².